The fourth-order valence-electron chi connectivity index (χ4n) is 4.78. The summed E-state index contributed by atoms with van der Waals surface area (Å²) in [5.74, 6) is -1.10. The van der Waals surface area contributed by atoms with E-state index >= 15 is 0 Å². The first-order valence-electron chi connectivity index (χ1n) is 12.4. The smallest absolute Gasteiger partial charge is 0.391 e. The summed E-state index contributed by atoms with van der Waals surface area (Å²) in [5, 5.41) is 15.6. The lowest BCUT2D eigenvalue weighted by molar-refractivity contribution is -0.137. The van der Waals surface area contributed by atoms with E-state index < -0.39 is 41.2 Å². The Morgan fingerprint density at radius 1 is 1.16 bits per heavy atom. The number of aliphatic hydroxyl groups is 1. The summed E-state index contributed by atoms with van der Waals surface area (Å²) in [6.45, 7) is 7.75. The Bertz CT molecular complexity index is 1180. The maximum atomic E-state index is 14.2. The number of rotatable bonds is 5. The van der Waals surface area contributed by atoms with Crippen molar-refractivity contribution >= 4 is 29.0 Å². The number of nitrogens with one attached hydrogen (secondary N) is 2. The zero-order valence-electron chi connectivity index (χ0n) is 21.3. The van der Waals surface area contributed by atoms with Crippen molar-refractivity contribution in [2.24, 2.45) is 0 Å². The van der Waals surface area contributed by atoms with Gasteiger partial charge < -0.3 is 20.6 Å². The van der Waals surface area contributed by atoms with Crippen molar-refractivity contribution in [1.82, 2.24) is 20.2 Å². The number of amides is 2. The highest BCUT2D eigenvalue weighted by Crippen LogP contribution is 2.42. The molecule has 0 spiro atoms. The average Bonchev–Trinajstić information content (AvgIpc) is 3.52. The van der Waals surface area contributed by atoms with Crippen LogP contribution < -0.4 is 10.6 Å². The van der Waals surface area contributed by atoms with Crippen molar-refractivity contribution < 1.29 is 27.9 Å². The zero-order chi connectivity index (χ0) is 27.1. The van der Waals surface area contributed by atoms with E-state index in [2.05, 4.69) is 20.6 Å². The molecule has 2 fully saturated rings. The van der Waals surface area contributed by atoms with Crippen LogP contribution in [0.1, 0.15) is 85.7 Å². The van der Waals surface area contributed by atoms with Crippen molar-refractivity contribution in [2.75, 3.05) is 11.9 Å². The SMILES string of the molecule is C[C@H]1CCCN1C(=O)c1nc(C(=O)N[C@H]2CCC[C@H]2O)sc1-c1cnc(NC(C)(C)C)cc1C(F)(F)F. The van der Waals surface area contributed by atoms with E-state index in [1.54, 1.807) is 25.7 Å². The minimum atomic E-state index is -4.74. The van der Waals surface area contributed by atoms with Crippen LogP contribution in [0.15, 0.2) is 12.3 Å². The third kappa shape index (κ3) is 6.06. The molecule has 2 amide bonds. The van der Waals surface area contributed by atoms with Crippen LogP contribution in [-0.4, -0.2) is 62.1 Å². The van der Waals surface area contributed by atoms with Crippen LogP contribution in [0, 0.1) is 0 Å². The number of halogens is 3. The maximum absolute atomic E-state index is 14.2. The van der Waals surface area contributed by atoms with E-state index in [-0.39, 0.29) is 33.0 Å². The van der Waals surface area contributed by atoms with Gasteiger partial charge in [0.2, 0.25) is 0 Å². The van der Waals surface area contributed by atoms with Gasteiger partial charge in [0.25, 0.3) is 11.8 Å². The van der Waals surface area contributed by atoms with Gasteiger partial charge in [0.1, 0.15) is 11.5 Å². The number of nitrogens with zero attached hydrogens (tertiary/aromatic N) is 3. The third-order valence-corrected chi connectivity index (χ3v) is 7.68. The molecule has 0 unspecified atom stereocenters. The number of carbonyl (C=O) groups is 2. The van der Waals surface area contributed by atoms with Gasteiger partial charge in [-0.15, -0.1) is 11.3 Å². The molecule has 202 valence electrons. The maximum Gasteiger partial charge on any atom is 0.417 e. The van der Waals surface area contributed by atoms with E-state index in [1.807, 2.05) is 6.92 Å². The minimum absolute atomic E-state index is 0.0438. The van der Waals surface area contributed by atoms with Crippen LogP contribution in [0.3, 0.4) is 0 Å². The first-order chi connectivity index (χ1) is 17.2. The van der Waals surface area contributed by atoms with Gasteiger partial charge in [0.15, 0.2) is 5.01 Å². The Morgan fingerprint density at radius 2 is 1.89 bits per heavy atom. The van der Waals surface area contributed by atoms with Gasteiger partial charge in [0.05, 0.1) is 22.6 Å². The molecular formula is C25H32F3N5O3S. The Labute approximate surface area is 217 Å². The fourth-order valence-corrected chi connectivity index (χ4v) is 5.76. The molecule has 3 N–H and O–H groups in total. The summed E-state index contributed by atoms with van der Waals surface area (Å²) < 4.78 is 42.7. The van der Waals surface area contributed by atoms with Crippen LogP contribution >= 0.6 is 11.3 Å². The molecule has 8 nitrogen and oxygen atoms in total. The second-order valence-corrected chi connectivity index (χ2v) is 11.8. The molecule has 1 aliphatic heterocycles. The van der Waals surface area contributed by atoms with Crippen molar-refractivity contribution in [3.05, 3.63) is 28.5 Å². The molecule has 12 heteroatoms. The molecule has 2 aromatic heterocycles. The number of alkyl halides is 3. The van der Waals surface area contributed by atoms with Gasteiger partial charge in [-0.3, -0.25) is 9.59 Å². The zero-order valence-corrected chi connectivity index (χ0v) is 22.1. The molecule has 1 saturated carbocycles. The van der Waals surface area contributed by atoms with Crippen LogP contribution in [-0.2, 0) is 6.18 Å². The second kappa shape index (κ2) is 10.2. The number of likely N-dealkylation sites (tertiary alicyclic amines) is 1. The molecule has 0 bridgehead atoms. The highest BCUT2D eigenvalue weighted by Gasteiger charge is 2.39. The highest BCUT2D eigenvalue weighted by atomic mass is 32.1. The lowest BCUT2D eigenvalue weighted by Crippen LogP contribution is -2.40. The van der Waals surface area contributed by atoms with Crippen LogP contribution in [0.25, 0.3) is 10.4 Å². The van der Waals surface area contributed by atoms with E-state index in [4.69, 9.17) is 0 Å². The highest BCUT2D eigenvalue weighted by molar-refractivity contribution is 7.17. The van der Waals surface area contributed by atoms with Crippen molar-refractivity contribution in [3.8, 4) is 10.4 Å². The van der Waals surface area contributed by atoms with Gasteiger partial charge in [-0.05, 0) is 65.9 Å². The predicted octanol–water partition coefficient (Wildman–Crippen LogP) is 4.70. The molecule has 0 radical (unpaired) electrons. The molecular weight excluding hydrogens is 507 g/mol. The number of hydrogen-bond acceptors (Lipinski definition) is 7. The fraction of sp³-hybridized carbons (Fsp3) is 0.600. The average molecular weight is 540 g/mol. The number of pyridine rings is 1. The lowest BCUT2D eigenvalue weighted by atomic mass is 10.1. The Morgan fingerprint density at radius 3 is 2.46 bits per heavy atom. The molecule has 3 heterocycles. The van der Waals surface area contributed by atoms with Crippen LogP contribution in [0.4, 0.5) is 19.0 Å². The van der Waals surface area contributed by atoms with Crippen LogP contribution in [0.2, 0.25) is 0 Å². The number of aliphatic hydroxyl groups excluding tert-OH is 1. The quantitative estimate of drug-likeness (QED) is 0.509. The first kappa shape index (κ1) is 27.3. The summed E-state index contributed by atoms with van der Waals surface area (Å²) in [6.07, 6.45) is -0.902. The Kier molecular flexibility index (Phi) is 7.53. The summed E-state index contributed by atoms with van der Waals surface area (Å²) in [5.41, 5.74) is -2.00. The summed E-state index contributed by atoms with van der Waals surface area (Å²) >= 11 is 0.730. The van der Waals surface area contributed by atoms with E-state index in [0.29, 0.717) is 19.4 Å². The normalized spacial score (nSPS) is 22.4. The largest absolute Gasteiger partial charge is 0.417 e. The molecule has 3 atom stereocenters. The first-order valence-corrected chi connectivity index (χ1v) is 13.2. The number of thiazole rings is 1. The Balaban J connectivity index is 1.80. The topological polar surface area (TPSA) is 107 Å². The molecule has 37 heavy (non-hydrogen) atoms. The van der Waals surface area contributed by atoms with E-state index in [0.717, 1.165) is 42.9 Å². The summed E-state index contributed by atoms with van der Waals surface area (Å²) in [7, 11) is 0. The summed E-state index contributed by atoms with van der Waals surface area (Å²) in [6, 6.07) is 0.362. The Hall–Kier alpha value is -2.73. The molecule has 1 aliphatic carbocycles. The van der Waals surface area contributed by atoms with Gasteiger partial charge in [-0.25, -0.2) is 9.97 Å². The second-order valence-electron chi connectivity index (χ2n) is 10.8. The number of carbonyl (C=O) groups excluding carboxylic acids is 2. The standard InChI is InChI=1S/C25H32F3N5O3S/c1-13-7-6-10-33(13)23(36)19-20(37-22(31-19)21(35)30-16-8-5-9-17(16)34)14-12-29-18(32-24(2,3)4)11-15(14)25(26,27)28/h11-13,16-17,34H,5-10H2,1-4H3,(H,29,32)(H,30,35)/t13-,16-,17+/m0/s1. The minimum Gasteiger partial charge on any atom is -0.391 e. The number of hydrogen-bond donors (Lipinski definition) is 3. The number of anilines is 1. The monoisotopic (exact) mass is 539 g/mol. The molecule has 4 rings (SSSR count). The van der Waals surface area contributed by atoms with Crippen molar-refractivity contribution in [1.29, 1.82) is 0 Å². The van der Waals surface area contributed by atoms with Crippen LogP contribution in [0.5, 0.6) is 0 Å². The molecule has 0 aromatic carbocycles. The molecule has 2 aliphatic rings. The molecule has 2 aromatic rings. The van der Waals surface area contributed by atoms with Crippen molar-refractivity contribution in [2.45, 2.75) is 89.7 Å². The van der Waals surface area contributed by atoms with Gasteiger partial charge in [-0.2, -0.15) is 13.2 Å². The van der Waals surface area contributed by atoms with Gasteiger partial charge >= 0.3 is 6.18 Å². The van der Waals surface area contributed by atoms with E-state index in [1.165, 1.54) is 0 Å². The van der Waals surface area contributed by atoms with Crippen molar-refractivity contribution in [3.63, 3.8) is 0 Å². The third-order valence-electron chi connectivity index (χ3n) is 6.59. The number of aromatic nitrogens is 2. The van der Waals surface area contributed by atoms with E-state index in [9.17, 15) is 27.9 Å². The summed E-state index contributed by atoms with van der Waals surface area (Å²) in [4.78, 5) is 36.5. The van der Waals surface area contributed by atoms with Gasteiger partial charge in [0, 0.05) is 29.9 Å². The lowest BCUT2D eigenvalue weighted by Gasteiger charge is -2.23. The van der Waals surface area contributed by atoms with Gasteiger partial charge in [-0.1, -0.05) is 0 Å². The molecule has 1 saturated heterocycles. The predicted molar refractivity (Wildman–Crippen MR) is 135 cm³/mol.